The van der Waals surface area contributed by atoms with Gasteiger partial charge in [0, 0.05) is 33.1 Å². The molecule has 2 N–H and O–H groups in total. The van der Waals surface area contributed by atoms with Gasteiger partial charge in [0.1, 0.15) is 5.82 Å². The lowest BCUT2D eigenvalue weighted by atomic mass is 9.97. The highest BCUT2D eigenvalue weighted by molar-refractivity contribution is 14.0. The normalized spacial score (nSPS) is 15.6. The van der Waals surface area contributed by atoms with E-state index in [4.69, 9.17) is 4.74 Å². The lowest BCUT2D eigenvalue weighted by Gasteiger charge is -2.33. The Morgan fingerprint density at radius 3 is 2.77 bits per heavy atom. The molecule has 26 heavy (non-hydrogen) atoms. The minimum Gasteiger partial charge on any atom is -0.469 e. The Kier molecular flexibility index (Phi) is 7.67. The number of guanidine groups is 1. The third kappa shape index (κ3) is 4.87. The fourth-order valence-electron chi connectivity index (χ4n) is 3.24. The van der Waals surface area contributed by atoms with Crippen molar-refractivity contribution >= 4 is 46.9 Å². The van der Waals surface area contributed by atoms with Crippen LogP contribution in [-0.2, 0) is 16.0 Å². The molecule has 2 heterocycles. The third-order valence-electron chi connectivity index (χ3n) is 4.62. The first-order chi connectivity index (χ1) is 12.2. The van der Waals surface area contributed by atoms with Crippen molar-refractivity contribution < 1.29 is 9.53 Å². The largest absolute Gasteiger partial charge is 0.469 e. The van der Waals surface area contributed by atoms with Gasteiger partial charge in [0.15, 0.2) is 5.96 Å². The minimum atomic E-state index is -0.104. The lowest BCUT2D eigenvalue weighted by molar-refractivity contribution is -0.146. The number of imidazole rings is 1. The van der Waals surface area contributed by atoms with E-state index in [0.717, 1.165) is 61.7 Å². The topological polar surface area (TPSA) is 82.6 Å². The maximum atomic E-state index is 11.6. The second kappa shape index (κ2) is 9.75. The molecule has 0 aliphatic carbocycles. The number of hydrogen-bond acceptors (Lipinski definition) is 4. The summed E-state index contributed by atoms with van der Waals surface area (Å²) in [7, 11) is 3.24. The Bertz CT molecular complexity index is 720. The molecule has 0 bridgehead atoms. The molecule has 7 nitrogen and oxygen atoms in total. The summed E-state index contributed by atoms with van der Waals surface area (Å²) in [6.45, 7) is 2.37. The number of aliphatic imine (C=N–C) groups is 1. The van der Waals surface area contributed by atoms with Crippen molar-refractivity contribution in [3.63, 3.8) is 0 Å². The van der Waals surface area contributed by atoms with Crippen LogP contribution in [-0.4, -0.2) is 60.6 Å². The highest BCUT2D eigenvalue weighted by atomic mass is 127. The molecule has 2 aromatic rings. The van der Waals surface area contributed by atoms with Gasteiger partial charge in [0.05, 0.1) is 24.1 Å². The van der Waals surface area contributed by atoms with Crippen molar-refractivity contribution in [3.8, 4) is 0 Å². The standard InChI is InChI=1S/C18H25N5O2.HI/c1-19-18(23-11-8-13(9-12-23)17(24)25-2)20-10-7-16-21-14-5-3-4-6-15(14)22-16;/h3-6,13H,7-12H2,1-2H3,(H,19,20)(H,21,22);1H. The van der Waals surface area contributed by atoms with Crippen LogP contribution in [0.4, 0.5) is 0 Å². The first-order valence-electron chi connectivity index (χ1n) is 8.68. The molecule has 1 aromatic heterocycles. The summed E-state index contributed by atoms with van der Waals surface area (Å²) in [5.41, 5.74) is 2.05. The van der Waals surface area contributed by atoms with E-state index in [-0.39, 0.29) is 35.9 Å². The number of methoxy groups -OCH3 is 1. The van der Waals surface area contributed by atoms with Gasteiger partial charge in [-0.1, -0.05) is 12.1 Å². The number of nitrogens with one attached hydrogen (secondary N) is 2. The van der Waals surface area contributed by atoms with E-state index in [9.17, 15) is 4.79 Å². The average Bonchev–Trinajstić information content (AvgIpc) is 3.07. The predicted octanol–water partition coefficient (Wildman–Crippen LogP) is 2.18. The molecule has 0 amide bonds. The van der Waals surface area contributed by atoms with Gasteiger partial charge in [-0.2, -0.15) is 0 Å². The summed E-state index contributed by atoms with van der Waals surface area (Å²) in [6.07, 6.45) is 2.40. The van der Waals surface area contributed by atoms with Crippen LogP contribution >= 0.6 is 24.0 Å². The van der Waals surface area contributed by atoms with Crippen LogP contribution in [0.2, 0.25) is 0 Å². The van der Waals surface area contributed by atoms with Crippen LogP contribution in [0.25, 0.3) is 11.0 Å². The number of H-pyrrole nitrogens is 1. The number of aromatic amines is 1. The number of fused-ring (bicyclic) bond motifs is 1. The van der Waals surface area contributed by atoms with Crippen molar-refractivity contribution in [1.82, 2.24) is 20.2 Å². The van der Waals surface area contributed by atoms with Gasteiger partial charge in [-0.3, -0.25) is 9.79 Å². The molecule has 0 saturated carbocycles. The highest BCUT2D eigenvalue weighted by Crippen LogP contribution is 2.18. The lowest BCUT2D eigenvalue weighted by Crippen LogP contribution is -2.47. The van der Waals surface area contributed by atoms with E-state index in [0.29, 0.717) is 0 Å². The molecule has 8 heteroatoms. The number of halogens is 1. The minimum absolute atomic E-state index is 0. The SMILES string of the molecule is CN=C(NCCc1nc2ccccc2[nH]1)N1CCC(C(=O)OC)CC1.I. The number of ether oxygens (including phenoxy) is 1. The summed E-state index contributed by atoms with van der Waals surface area (Å²) in [4.78, 5) is 26.1. The second-order valence-corrected chi connectivity index (χ2v) is 6.21. The van der Waals surface area contributed by atoms with Crippen LogP contribution in [0.5, 0.6) is 0 Å². The molecule has 1 saturated heterocycles. The Hall–Kier alpha value is -1.84. The molecule has 142 valence electrons. The first-order valence-corrected chi connectivity index (χ1v) is 8.68. The molecule has 1 aliphatic heterocycles. The van der Waals surface area contributed by atoms with Gasteiger partial charge in [0.2, 0.25) is 0 Å². The number of rotatable bonds is 4. The molecule has 1 fully saturated rings. The van der Waals surface area contributed by atoms with Crippen LogP contribution in [0.1, 0.15) is 18.7 Å². The van der Waals surface area contributed by atoms with Crippen LogP contribution in [0, 0.1) is 5.92 Å². The fraction of sp³-hybridized carbons (Fsp3) is 0.500. The van der Waals surface area contributed by atoms with Gasteiger partial charge in [-0.25, -0.2) is 4.98 Å². The van der Waals surface area contributed by atoms with E-state index in [1.165, 1.54) is 7.11 Å². The van der Waals surface area contributed by atoms with E-state index < -0.39 is 0 Å². The number of esters is 1. The summed E-state index contributed by atoms with van der Waals surface area (Å²) < 4.78 is 4.84. The number of hydrogen-bond donors (Lipinski definition) is 2. The van der Waals surface area contributed by atoms with E-state index in [2.05, 4.69) is 25.2 Å². The quantitative estimate of drug-likeness (QED) is 0.309. The molecule has 1 aliphatic rings. The zero-order valence-electron chi connectivity index (χ0n) is 15.2. The van der Waals surface area contributed by atoms with Crippen LogP contribution < -0.4 is 5.32 Å². The zero-order chi connectivity index (χ0) is 17.6. The first kappa shape index (κ1) is 20.5. The van der Waals surface area contributed by atoms with Gasteiger partial charge in [-0.05, 0) is 25.0 Å². The molecule has 1 aromatic carbocycles. The summed E-state index contributed by atoms with van der Waals surface area (Å²) in [5, 5.41) is 3.39. The molecular formula is C18H26IN5O2. The van der Waals surface area contributed by atoms with Crippen molar-refractivity contribution in [1.29, 1.82) is 0 Å². The Labute approximate surface area is 170 Å². The maximum absolute atomic E-state index is 11.6. The van der Waals surface area contributed by atoms with Gasteiger partial charge in [0.25, 0.3) is 0 Å². The molecule has 0 radical (unpaired) electrons. The summed E-state index contributed by atoms with van der Waals surface area (Å²) in [6, 6.07) is 8.03. The monoisotopic (exact) mass is 471 g/mol. The Morgan fingerprint density at radius 1 is 1.38 bits per heavy atom. The maximum Gasteiger partial charge on any atom is 0.308 e. The molecule has 0 unspecified atom stereocenters. The number of nitrogens with zero attached hydrogens (tertiary/aromatic N) is 3. The number of para-hydroxylation sites is 2. The number of likely N-dealkylation sites (tertiary alicyclic amines) is 1. The Morgan fingerprint density at radius 2 is 2.12 bits per heavy atom. The summed E-state index contributed by atoms with van der Waals surface area (Å²) >= 11 is 0. The van der Waals surface area contributed by atoms with Gasteiger partial charge < -0.3 is 19.9 Å². The predicted molar refractivity (Wildman–Crippen MR) is 113 cm³/mol. The van der Waals surface area contributed by atoms with E-state index in [1.807, 2.05) is 24.3 Å². The smallest absolute Gasteiger partial charge is 0.308 e. The number of carbonyl (C=O) groups is 1. The molecule has 0 atom stereocenters. The van der Waals surface area contributed by atoms with Crippen LogP contribution in [0.15, 0.2) is 29.3 Å². The average molecular weight is 471 g/mol. The molecular weight excluding hydrogens is 445 g/mol. The van der Waals surface area contributed by atoms with Crippen molar-refractivity contribution in [2.24, 2.45) is 10.9 Å². The zero-order valence-corrected chi connectivity index (χ0v) is 17.5. The second-order valence-electron chi connectivity index (χ2n) is 6.21. The van der Waals surface area contributed by atoms with Crippen molar-refractivity contribution in [2.45, 2.75) is 19.3 Å². The highest BCUT2D eigenvalue weighted by Gasteiger charge is 2.26. The number of carbonyl (C=O) groups excluding carboxylic acids is 1. The van der Waals surface area contributed by atoms with Crippen molar-refractivity contribution in [3.05, 3.63) is 30.1 Å². The number of piperidine rings is 1. The van der Waals surface area contributed by atoms with E-state index >= 15 is 0 Å². The van der Waals surface area contributed by atoms with E-state index in [1.54, 1.807) is 7.05 Å². The molecule has 0 spiro atoms. The van der Waals surface area contributed by atoms with Gasteiger partial charge in [-0.15, -0.1) is 24.0 Å². The number of benzene rings is 1. The third-order valence-corrected chi connectivity index (χ3v) is 4.62. The molecule has 3 rings (SSSR count). The Balaban J connectivity index is 0.00000243. The van der Waals surface area contributed by atoms with Gasteiger partial charge >= 0.3 is 5.97 Å². The number of aromatic nitrogens is 2. The van der Waals surface area contributed by atoms with Crippen molar-refractivity contribution in [2.75, 3.05) is 33.8 Å². The van der Waals surface area contributed by atoms with Crippen LogP contribution in [0.3, 0.4) is 0 Å². The summed E-state index contributed by atoms with van der Waals surface area (Å²) in [5.74, 6) is 1.75. The fourth-order valence-corrected chi connectivity index (χ4v) is 3.24.